The van der Waals surface area contributed by atoms with Crippen LogP contribution in [0.2, 0.25) is 0 Å². The number of likely N-dealkylation sites (N-methyl/N-ethyl adjacent to an activating group) is 1. The fraction of sp³-hybridized carbons (Fsp3) is 0.348. The average molecular weight is 377 g/mol. The van der Waals surface area contributed by atoms with Gasteiger partial charge in [0.15, 0.2) is 5.76 Å². The maximum absolute atomic E-state index is 5.90. The van der Waals surface area contributed by atoms with Crippen molar-refractivity contribution in [3.8, 4) is 28.3 Å². The van der Waals surface area contributed by atoms with E-state index in [0.717, 1.165) is 74.1 Å². The van der Waals surface area contributed by atoms with E-state index in [2.05, 4.69) is 22.0 Å². The maximum atomic E-state index is 5.90. The minimum atomic E-state index is 0.742. The average Bonchev–Trinajstić information content (AvgIpc) is 3.24. The smallest absolute Gasteiger partial charge is 0.167 e. The highest BCUT2D eigenvalue weighted by molar-refractivity contribution is 5.66. The minimum Gasteiger partial charge on any atom is -0.494 e. The lowest BCUT2D eigenvalue weighted by atomic mass is 10.1. The van der Waals surface area contributed by atoms with Crippen molar-refractivity contribution in [3.63, 3.8) is 0 Å². The molecular weight excluding hydrogens is 350 g/mol. The van der Waals surface area contributed by atoms with E-state index in [1.807, 2.05) is 60.7 Å². The Labute approximate surface area is 166 Å². The van der Waals surface area contributed by atoms with Crippen LogP contribution in [0.4, 0.5) is 0 Å². The van der Waals surface area contributed by atoms with Gasteiger partial charge in [-0.2, -0.15) is 0 Å². The van der Waals surface area contributed by atoms with Gasteiger partial charge in [-0.15, -0.1) is 0 Å². The van der Waals surface area contributed by atoms with Gasteiger partial charge in [-0.05, 0) is 37.7 Å². The first-order valence-corrected chi connectivity index (χ1v) is 9.94. The standard InChI is InChI=1S/C23H27N3O2/c1-25-13-15-26(16-14-25)12-5-17-27-21-10-8-20(9-11-21)23-18-22(24-28-23)19-6-3-2-4-7-19/h2-4,6-11,18H,5,12-17H2,1H3. The molecule has 146 valence electrons. The van der Waals surface area contributed by atoms with E-state index < -0.39 is 0 Å². The zero-order valence-corrected chi connectivity index (χ0v) is 16.4. The SMILES string of the molecule is CN1CCN(CCCOc2ccc(-c3cc(-c4ccccc4)no3)cc2)CC1. The molecule has 1 aromatic heterocycles. The van der Waals surface area contributed by atoms with Crippen LogP contribution in [-0.4, -0.2) is 61.3 Å². The predicted molar refractivity (Wildman–Crippen MR) is 111 cm³/mol. The quantitative estimate of drug-likeness (QED) is 0.582. The Morgan fingerprint density at radius 3 is 2.43 bits per heavy atom. The molecule has 0 spiro atoms. The second-order valence-corrected chi connectivity index (χ2v) is 7.31. The summed E-state index contributed by atoms with van der Waals surface area (Å²) in [4.78, 5) is 4.90. The van der Waals surface area contributed by atoms with Crippen molar-refractivity contribution in [1.82, 2.24) is 15.0 Å². The molecule has 1 fully saturated rings. The molecule has 2 heterocycles. The molecule has 3 aromatic rings. The second-order valence-electron chi connectivity index (χ2n) is 7.31. The van der Waals surface area contributed by atoms with Crippen LogP contribution in [0.15, 0.2) is 65.2 Å². The summed E-state index contributed by atoms with van der Waals surface area (Å²) in [6, 6.07) is 20.1. The first kappa shape index (κ1) is 18.7. The van der Waals surface area contributed by atoms with Crippen LogP contribution in [0.3, 0.4) is 0 Å². The lowest BCUT2D eigenvalue weighted by molar-refractivity contribution is 0.145. The summed E-state index contributed by atoms with van der Waals surface area (Å²) in [6.45, 7) is 6.49. The molecule has 5 nitrogen and oxygen atoms in total. The van der Waals surface area contributed by atoms with Crippen molar-refractivity contribution in [2.24, 2.45) is 0 Å². The lowest BCUT2D eigenvalue weighted by Crippen LogP contribution is -2.44. The third-order valence-corrected chi connectivity index (χ3v) is 5.20. The van der Waals surface area contributed by atoms with Crippen molar-refractivity contribution < 1.29 is 9.26 Å². The molecule has 0 saturated carbocycles. The molecule has 0 atom stereocenters. The van der Waals surface area contributed by atoms with Gasteiger partial charge in [0.1, 0.15) is 11.4 Å². The van der Waals surface area contributed by atoms with Crippen LogP contribution in [0.25, 0.3) is 22.6 Å². The lowest BCUT2D eigenvalue weighted by Gasteiger charge is -2.32. The number of hydrogen-bond acceptors (Lipinski definition) is 5. The molecular formula is C23H27N3O2. The first-order valence-electron chi connectivity index (χ1n) is 9.94. The first-order chi connectivity index (χ1) is 13.8. The molecule has 0 N–H and O–H groups in total. The summed E-state index contributed by atoms with van der Waals surface area (Å²) in [5.74, 6) is 1.66. The molecule has 0 aliphatic carbocycles. The van der Waals surface area contributed by atoms with Crippen LogP contribution in [0, 0.1) is 0 Å². The fourth-order valence-corrected chi connectivity index (χ4v) is 3.42. The molecule has 0 amide bonds. The molecule has 1 aliphatic rings. The van der Waals surface area contributed by atoms with Crippen LogP contribution >= 0.6 is 0 Å². The number of nitrogens with zero attached hydrogens (tertiary/aromatic N) is 3. The molecule has 0 unspecified atom stereocenters. The van der Waals surface area contributed by atoms with Gasteiger partial charge in [-0.1, -0.05) is 35.5 Å². The highest BCUT2D eigenvalue weighted by Gasteiger charge is 2.13. The number of benzene rings is 2. The van der Waals surface area contributed by atoms with Crippen molar-refractivity contribution in [2.75, 3.05) is 46.4 Å². The van der Waals surface area contributed by atoms with E-state index in [0.29, 0.717) is 0 Å². The van der Waals surface area contributed by atoms with Crippen LogP contribution in [0.5, 0.6) is 5.75 Å². The Morgan fingerprint density at radius 2 is 1.68 bits per heavy atom. The van der Waals surface area contributed by atoms with E-state index in [4.69, 9.17) is 9.26 Å². The molecule has 5 heteroatoms. The molecule has 28 heavy (non-hydrogen) atoms. The largest absolute Gasteiger partial charge is 0.494 e. The molecule has 0 radical (unpaired) electrons. The number of ether oxygens (including phenoxy) is 1. The topological polar surface area (TPSA) is 41.7 Å². The zero-order chi connectivity index (χ0) is 19.2. The Hall–Kier alpha value is -2.63. The molecule has 2 aromatic carbocycles. The number of aromatic nitrogens is 1. The summed E-state index contributed by atoms with van der Waals surface area (Å²) < 4.78 is 11.4. The Kier molecular flexibility index (Phi) is 6.04. The number of rotatable bonds is 7. The van der Waals surface area contributed by atoms with Crippen LogP contribution < -0.4 is 4.74 Å². The Bertz CT molecular complexity index is 853. The van der Waals surface area contributed by atoms with Crippen LogP contribution in [0.1, 0.15) is 6.42 Å². The maximum Gasteiger partial charge on any atom is 0.167 e. The van der Waals surface area contributed by atoms with Crippen molar-refractivity contribution in [2.45, 2.75) is 6.42 Å². The van der Waals surface area contributed by atoms with E-state index in [9.17, 15) is 0 Å². The Balaban J connectivity index is 1.27. The fourth-order valence-electron chi connectivity index (χ4n) is 3.42. The summed E-state index contributed by atoms with van der Waals surface area (Å²) >= 11 is 0. The Morgan fingerprint density at radius 1 is 0.929 bits per heavy atom. The molecule has 0 bridgehead atoms. The normalized spacial score (nSPS) is 15.6. The van der Waals surface area contributed by atoms with Gasteiger partial charge < -0.3 is 19.1 Å². The van der Waals surface area contributed by atoms with Gasteiger partial charge in [0.05, 0.1) is 6.61 Å². The van der Waals surface area contributed by atoms with Crippen molar-refractivity contribution >= 4 is 0 Å². The van der Waals surface area contributed by atoms with E-state index >= 15 is 0 Å². The summed E-state index contributed by atoms with van der Waals surface area (Å²) in [5, 5.41) is 4.18. The van der Waals surface area contributed by atoms with E-state index in [1.54, 1.807) is 0 Å². The van der Waals surface area contributed by atoms with Gasteiger partial charge in [0.2, 0.25) is 0 Å². The van der Waals surface area contributed by atoms with Gasteiger partial charge in [-0.25, -0.2) is 0 Å². The van der Waals surface area contributed by atoms with E-state index in [-0.39, 0.29) is 0 Å². The van der Waals surface area contributed by atoms with Crippen LogP contribution in [-0.2, 0) is 0 Å². The van der Waals surface area contributed by atoms with Gasteiger partial charge in [-0.3, -0.25) is 0 Å². The second kappa shape index (κ2) is 9.04. The van der Waals surface area contributed by atoms with Crippen molar-refractivity contribution in [1.29, 1.82) is 0 Å². The van der Waals surface area contributed by atoms with E-state index in [1.165, 1.54) is 0 Å². The predicted octanol–water partition coefficient (Wildman–Crippen LogP) is 4.02. The highest BCUT2D eigenvalue weighted by atomic mass is 16.5. The summed E-state index contributed by atoms with van der Waals surface area (Å²) in [7, 11) is 2.19. The van der Waals surface area contributed by atoms with Gasteiger partial charge >= 0.3 is 0 Å². The molecule has 1 saturated heterocycles. The third-order valence-electron chi connectivity index (χ3n) is 5.20. The summed E-state index contributed by atoms with van der Waals surface area (Å²) in [6.07, 6.45) is 1.05. The number of hydrogen-bond donors (Lipinski definition) is 0. The van der Waals surface area contributed by atoms with Gasteiger partial charge in [0.25, 0.3) is 0 Å². The highest BCUT2D eigenvalue weighted by Crippen LogP contribution is 2.27. The number of piperazine rings is 1. The van der Waals surface area contributed by atoms with Gasteiger partial charge in [0, 0.05) is 49.9 Å². The third kappa shape index (κ3) is 4.80. The summed E-state index contributed by atoms with van der Waals surface area (Å²) in [5.41, 5.74) is 2.90. The monoisotopic (exact) mass is 377 g/mol. The molecule has 4 rings (SSSR count). The minimum absolute atomic E-state index is 0.742. The van der Waals surface area contributed by atoms with Crippen molar-refractivity contribution in [3.05, 3.63) is 60.7 Å². The zero-order valence-electron chi connectivity index (χ0n) is 16.4. The molecule has 1 aliphatic heterocycles.